The van der Waals surface area contributed by atoms with Crippen LogP contribution in [0.2, 0.25) is 0 Å². The molecule has 0 bridgehead atoms. The maximum absolute atomic E-state index is 13.0. The molecule has 3 rings (SSSR count). The smallest absolute Gasteiger partial charge is 0.207 e. The largest absolute Gasteiger partial charge is 0.416 e. The van der Waals surface area contributed by atoms with E-state index in [9.17, 15) is 34.8 Å². The molecule has 0 saturated carbocycles. The van der Waals surface area contributed by atoms with Gasteiger partial charge < -0.3 is 0 Å². The van der Waals surface area contributed by atoms with Crippen LogP contribution in [0.15, 0.2) is 64.6 Å². The SMILES string of the molecule is CC1=C(CNS(=O)(=O)c2cc(C(F)(F)F)cc(C(F)(F)F)c2)CC1c1ccccc1. The molecule has 0 spiro atoms. The molecule has 10 heteroatoms. The predicted octanol–water partition coefficient (Wildman–Crippen LogP) is 5.51. The Labute approximate surface area is 169 Å². The first-order valence-corrected chi connectivity index (χ1v) is 10.3. The summed E-state index contributed by atoms with van der Waals surface area (Å²) in [6.45, 7) is 1.63. The molecule has 0 amide bonds. The summed E-state index contributed by atoms with van der Waals surface area (Å²) in [6, 6.07) is 9.75. The lowest BCUT2D eigenvalue weighted by Gasteiger charge is -2.32. The van der Waals surface area contributed by atoms with Gasteiger partial charge >= 0.3 is 12.4 Å². The molecular formula is C20H17F6NO2S. The van der Waals surface area contributed by atoms with Crippen molar-refractivity contribution < 1.29 is 34.8 Å². The van der Waals surface area contributed by atoms with Gasteiger partial charge in [0.1, 0.15) is 0 Å². The fourth-order valence-corrected chi connectivity index (χ4v) is 4.38. The zero-order valence-electron chi connectivity index (χ0n) is 15.6. The van der Waals surface area contributed by atoms with E-state index in [1.165, 1.54) is 0 Å². The van der Waals surface area contributed by atoms with Crippen molar-refractivity contribution in [2.24, 2.45) is 0 Å². The topological polar surface area (TPSA) is 46.2 Å². The van der Waals surface area contributed by atoms with Gasteiger partial charge in [-0.25, -0.2) is 13.1 Å². The van der Waals surface area contributed by atoms with Gasteiger partial charge in [-0.3, -0.25) is 0 Å². The van der Waals surface area contributed by atoms with Crippen molar-refractivity contribution in [1.82, 2.24) is 4.72 Å². The number of sulfonamides is 1. The van der Waals surface area contributed by atoms with Crippen LogP contribution in [-0.4, -0.2) is 15.0 Å². The number of allylic oxidation sites excluding steroid dienone is 1. The Morgan fingerprint density at radius 3 is 1.93 bits per heavy atom. The Hall–Kier alpha value is -2.33. The van der Waals surface area contributed by atoms with Crippen LogP contribution in [0.4, 0.5) is 26.3 Å². The van der Waals surface area contributed by atoms with E-state index in [0.717, 1.165) is 16.7 Å². The van der Waals surface area contributed by atoms with E-state index in [4.69, 9.17) is 0 Å². The fourth-order valence-electron chi connectivity index (χ4n) is 3.29. The monoisotopic (exact) mass is 449 g/mol. The molecule has 0 aliphatic heterocycles. The number of nitrogens with one attached hydrogen (secondary N) is 1. The average molecular weight is 449 g/mol. The summed E-state index contributed by atoms with van der Waals surface area (Å²) in [5, 5.41) is 0. The summed E-state index contributed by atoms with van der Waals surface area (Å²) >= 11 is 0. The number of alkyl halides is 6. The van der Waals surface area contributed by atoms with Crippen LogP contribution in [-0.2, 0) is 22.4 Å². The van der Waals surface area contributed by atoms with Gasteiger partial charge in [-0.2, -0.15) is 26.3 Å². The van der Waals surface area contributed by atoms with Crippen molar-refractivity contribution in [3.63, 3.8) is 0 Å². The molecule has 2 aromatic rings. The van der Waals surface area contributed by atoms with Crippen LogP contribution in [0.3, 0.4) is 0 Å². The maximum atomic E-state index is 13.0. The number of benzene rings is 2. The lowest BCUT2D eigenvalue weighted by Crippen LogP contribution is -2.30. The van der Waals surface area contributed by atoms with Gasteiger partial charge in [-0.15, -0.1) is 0 Å². The molecule has 30 heavy (non-hydrogen) atoms. The standard InChI is InChI=1S/C20H17F6NO2S/c1-12-14(7-18(12)13-5-3-2-4-6-13)11-27-30(28,29)17-9-15(19(21,22)23)8-16(10-17)20(24,25)26/h2-6,8-10,18,27H,7,11H2,1H3. The molecule has 1 aliphatic rings. The van der Waals surface area contributed by atoms with E-state index in [1.807, 2.05) is 37.3 Å². The van der Waals surface area contributed by atoms with Crippen molar-refractivity contribution >= 4 is 10.0 Å². The highest BCUT2D eigenvalue weighted by atomic mass is 32.2. The Morgan fingerprint density at radius 2 is 1.47 bits per heavy atom. The molecule has 1 atom stereocenters. The van der Waals surface area contributed by atoms with Gasteiger partial charge in [0, 0.05) is 12.5 Å². The van der Waals surface area contributed by atoms with Crippen LogP contribution in [0.1, 0.15) is 36.0 Å². The third-order valence-electron chi connectivity index (χ3n) is 5.08. The molecule has 1 aliphatic carbocycles. The first kappa shape index (κ1) is 22.4. The van der Waals surface area contributed by atoms with Crippen molar-refractivity contribution in [3.05, 3.63) is 76.4 Å². The Balaban J connectivity index is 1.83. The van der Waals surface area contributed by atoms with E-state index in [1.54, 1.807) is 0 Å². The minimum absolute atomic E-state index is 0.107. The van der Waals surface area contributed by atoms with Gasteiger partial charge in [-0.05, 0) is 37.1 Å². The zero-order chi connectivity index (χ0) is 22.3. The summed E-state index contributed by atoms with van der Waals surface area (Å²) in [7, 11) is -4.59. The lowest BCUT2D eigenvalue weighted by atomic mass is 9.74. The second-order valence-electron chi connectivity index (χ2n) is 7.02. The molecule has 0 aromatic heterocycles. The molecule has 1 unspecified atom stereocenters. The van der Waals surface area contributed by atoms with E-state index in [-0.39, 0.29) is 30.7 Å². The van der Waals surface area contributed by atoms with Gasteiger partial charge in [-0.1, -0.05) is 41.5 Å². The molecular weight excluding hydrogens is 432 g/mol. The minimum atomic E-state index is -5.12. The van der Waals surface area contributed by atoms with Gasteiger partial charge in [0.05, 0.1) is 16.0 Å². The fraction of sp³-hybridized carbons (Fsp3) is 0.300. The zero-order valence-corrected chi connectivity index (χ0v) is 16.4. The third kappa shape index (κ3) is 4.70. The summed E-state index contributed by atoms with van der Waals surface area (Å²) in [6.07, 6.45) is -9.70. The van der Waals surface area contributed by atoms with Crippen LogP contribution in [0.25, 0.3) is 0 Å². The summed E-state index contributed by atoms with van der Waals surface area (Å²) in [5.74, 6) is 0.107. The number of hydrogen-bond acceptors (Lipinski definition) is 2. The van der Waals surface area contributed by atoms with E-state index < -0.39 is 38.4 Å². The average Bonchev–Trinajstić information content (AvgIpc) is 2.65. The predicted molar refractivity (Wildman–Crippen MR) is 98.1 cm³/mol. The molecule has 162 valence electrons. The molecule has 0 heterocycles. The number of halogens is 6. The van der Waals surface area contributed by atoms with Crippen molar-refractivity contribution in [2.45, 2.75) is 36.5 Å². The summed E-state index contributed by atoms with van der Waals surface area (Å²) < 4.78 is 105. The first-order valence-electron chi connectivity index (χ1n) is 8.81. The van der Waals surface area contributed by atoms with E-state index in [0.29, 0.717) is 6.42 Å². The van der Waals surface area contributed by atoms with Gasteiger partial charge in [0.15, 0.2) is 0 Å². The van der Waals surface area contributed by atoms with Crippen LogP contribution < -0.4 is 4.72 Å². The third-order valence-corrected chi connectivity index (χ3v) is 6.46. The molecule has 0 saturated heterocycles. The van der Waals surface area contributed by atoms with E-state index in [2.05, 4.69) is 4.72 Å². The van der Waals surface area contributed by atoms with Crippen LogP contribution >= 0.6 is 0 Å². The highest BCUT2D eigenvalue weighted by molar-refractivity contribution is 7.89. The summed E-state index contributed by atoms with van der Waals surface area (Å²) in [4.78, 5) is -1.08. The van der Waals surface area contributed by atoms with Gasteiger partial charge in [0.25, 0.3) is 0 Å². The second kappa shape index (κ2) is 7.73. The minimum Gasteiger partial charge on any atom is -0.207 e. The number of hydrogen-bond donors (Lipinski definition) is 1. The highest BCUT2D eigenvalue weighted by Gasteiger charge is 2.38. The lowest BCUT2D eigenvalue weighted by molar-refractivity contribution is -0.143. The van der Waals surface area contributed by atoms with Gasteiger partial charge in [0.2, 0.25) is 10.0 Å². The van der Waals surface area contributed by atoms with Crippen molar-refractivity contribution in [1.29, 1.82) is 0 Å². The molecule has 3 nitrogen and oxygen atoms in total. The first-order chi connectivity index (χ1) is 13.8. The maximum Gasteiger partial charge on any atom is 0.416 e. The normalized spacial score (nSPS) is 17.8. The van der Waals surface area contributed by atoms with Crippen molar-refractivity contribution in [3.8, 4) is 0 Å². The summed E-state index contributed by atoms with van der Waals surface area (Å²) in [5.41, 5.74) is -0.643. The Morgan fingerprint density at radius 1 is 0.933 bits per heavy atom. The van der Waals surface area contributed by atoms with E-state index >= 15 is 0 Å². The molecule has 1 N–H and O–H groups in total. The Bertz CT molecular complexity index is 1040. The Kier molecular flexibility index (Phi) is 5.76. The molecule has 0 fully saturated rings. The highest BCUT2D eigenvalue weighted by Crippen LogP contribution is 2.42. The molecule has 2 aromatic carbocycles. The molecule has 0 radical (unpaired) electrons. The quantitative estimate of drug-likeness (QED) is 0.484. The second-order valence-corrected chi connectivity index (χ2v) is 8.79. The van der Waals surface area contributed by atoms with Crippen molar-refractivity contribution in [2.75, 3.05) is 6.54 Å². The van der Waals surface area contributed by atoms with Crippen LogP contribution in [0.5, 0.6) is 0 Å². The number of rotatable bonds is 5. The van der Waals surface area contributed by atoms with Crippen LogP contribution in [0, 0.1) is 0 Å².